The predicted molar refractivity (Wildman–Crippen MR) is 78.6 cm³/mol. The summed E-state index contributed by atoms with van der Waals surface area (Å²) in [5.74, 6) is 1.45. The summed E-state index contributed by atoms with van der Waals surface area (Å²) in [5, 5.41) is 0. The Morgan fingerprint density at radius 1 is 0.789 bits per heavy atom. The van der Waals surface area contributed by atoms with Gasteiger partial charge < -0.3 is 0 Å². The van der Waals surface area contributed by atoms with Gasteiger partial charge in [0.15, 0.2) is 5.78 Å². The van der Waals surface area contributed by atoms with E-state index in [1.54, 1.807) is 0 Å². The highest BCUT2D eigenvalue weighted by Crippen LogP contribution is 2.36. The van der Waals surface area contributed by atoms with E-state index < -0.39 is 0 Å². The molecule has 0 unspecified atom stereocenters. The molecular weight excluding hydrogens is 232 g/mol. The van der Waals surface area contributed by atoms with Crippen molar-refractivity contribution in [3.8, 4) is 0 Å². The molecule has 0 heterocycles. The van der Waals surface area contributed by atoms with Gasteiger partial charge in [-0.3, -0.25) is 4.79 Å². The van der Waals surface area contributed by atoms with E-state index in [0.29, 0.717) is 5.78 Å². The summed E-state index contributed by atoms with van der Waals surface area (Å²) in [6, 6.07) is 8.52. The molecule has 1 nitrogen and oxygen atoms in total. The molecule has 19 heavy (non-hydrogen) atoms. The second-order valence-corrected chi connectivity index (χ2v) is 6.30. The smallest absolute Gasteiger partial charge is 0.165 e. The molecule has 0 spiro atoms. The number of ketones is 1. The lowest BCUT2D eigenvalue weighted by Gasteiger charge is -2.25. The van der Waals surface area contributed by atoms with E-state index in [4.69, 9.17) is 0 Å². The Balaban J connectivity index is 1.68. The molecule has 1 aromatic carbocycles. The lowest BCUT2D eigenvalue weighted by molar-refractivity contribution is 0.0908. The van der Waals surface area contributed by atoms with Gasteiger partial charge in [0.05, 0.1) is 0 Å². The zero-order valence-corrected chi connectivity index (χ0v) is 11.7. The Bertz CT molecular complexity index is 420. The van der Waals surface area contributed by atoms with Gasteiger partial charge in [0.2, 0.25) is 0 Å². The first kappa shape index (κ1) is 12.9. The van der Waals surface area contributed by atoms with Crippen LogP contribution in [0.3, 0.4) is 0 Å². The van der Waals surface area contributed by atoms with Crippen LogP contribution >= 0.6 is 0 Å². The monoisotopic (exact) mass is 256 g/mol. The lowest BCUT2D eigenvalue weighted by atomic mass is 9.79. The highest BCUT2D eigenvalue weighted by Gasteiger charge is 2.23. The van der Waals surface area contributed by atoms with Gasteiger partial charge in [0, 0.05) is 11.5 Å². The highest BCUT2D eigenvalue weighted by atomic mass is 16.1. The molecule has 2 saturated carbocycles. The van der Waals surface area contributed by atoms with Crippen molar-refractivity contribution >= 4 is 5.78 Å². The fourth-order valence-corrected chi connectivity index (χ4v) is 3.44. The van der Waals surface area contributed by atoms with Crippen LogP contribution in [0.25, 0.3) is 0 Å². The molecule has 1 aromatic rings. The van der Waals surface area contributed by atoms with Gasteiger partial charge in [-0.1, -0.05) is 56.4 Å². The summed E-state index contributed by atoms with van der Waals surface area (Å²) in [6.45, 7) is 0. The van der Waals surface area contributed by atoms with E-state index in [0.717, 1.165) is 24.3 Å². The van der Waals surface area contributed by atoms with Crippen LogP contribution in [0.4, 0.5) is 0 Å². The maximum Gasteiger partial charge on any atom is 0.165 e. The first-order chi connectivity index (χ1) is 9.34. The molecule has 0 N–H and O–H groups in total. The second kappa shape index (κ2) is 5.90. The minimum Gasteiger partial charge on any atom is -0.294 e. The second-order valence-electron chi connectivity index (χ2n) is 6.30. The maximum atomic E-state index is 12.5. The van der Waals surface area contributed by atoms with Crippen LogP contribution in [0.1, 0.15) is 79.6 Å². The van der Waals surface area contributed by atoms with Gasteiger partial charge in [-0.2, -0.15) is 0 Å². The van der Waals surface area contributed by atoms with E-state index in [1.165, 1.54) is 50.5 Å². The molecule has 0 aromatic heterocycles. The maximum absolute atomic E-state index is 12.5. The van der Waals surface area contributed by atoms with E-state index in [2.05, 4.69) is 24.3 Å². The molecule has 2 aliphatic rings. The summed E-state index contributed by atoms with van der Waals surface area (Å²) < 4.78 is 0. The molecule has 0 bridgehead atoms. The fraction of sp³-hybridized carbons (Fsp3) is 0.611. The Kier molecular flexibility index (Phi) is 4.00. The topological polar surface area (TPSA) is 17.1 Å². The summed E-state index contributed by atoms with van der Waals surface area (Å²) >= 11 is 0. The van der Waals surface area contributed by atoms with Crippen LogP contribution in [0.5, 0.6) is 0 Å². The van der Waals surface area contributed by atoms with Crippen molar-refractivity contribution in [1.82, 2.24) is 0 Å². The molecule has 0 saturated heterocycles. The molecule has 0 aliphatic heterocycles. The van der Waals surface area contributed by atoms with Crippen LogP contribution in [0, 0.1) is 5.92 Å². The van der Waals surface area contributed by atoms with Crippen molar-refractivity contribution in [3.05, 3.63) is 35.4 Å². The summed E-state index contributed by atoms with van der Waals surface area (Å²) in [6.07, 6.45) is 11.3. The predicted octanol–water partition coefficient (Wildman–Crippen LogP) is 5.11. The number of hydrogen-bond donors (Lipinski definition) is 0. The van der Waals surface area contributed by atoms with E-state index in [9.17, 15) is 4.79 Å². The standard InChI is InChI=1S/C18H24O/c19-18(16-6-3-1-2-4-7-16)17-12-10-15(11-13-17)14-8-5-9-14/h10-14,16H,1-9H2. The van der Waals surface area contributed by atoms with Crippen LogP contribution in [-0.4, -0.2) is 5.78 Å². The van der Waals surface area contributed by atoms with Crippen LogP contribution in [0.15, 0.2) is 24.3 Å². The molecule has 0 radical (unpaired) electrons. The number of benzene rings is 1. The summed E-state index contributed by atoms with van der Waals surface area (Å²) in [5.41, 5.74) is 2.37. The van der Waals surface area contributed by atoms with Gasteiger partial charge in [0.25, 0.3) is 0 Å². The zero-order valence-electron chi connectivity index (χ0n) is 11.7. The average molecular weight is 256 g/mol. The van der Waals surface area contributed by atoms with Crippen LogP contribution in [-0.2, 0) is 0 Å². The van der Waals surface area contributed by atoms with E-state index in [1.807, 2.05) is 0 Å². The van der Waals surface area contributed by atoms with Crippen LogP contribution in [0.2, 0.25) is 0 Å². The minimum atomic E-state index is 0.289. The van der Waals surface area contributed by atoms with E-state index >= 15 is 0 Å². The molecule has 0 atom stereocenters. The van der Waals surface area contributed by atoms with Crippen molar-refractivity contribution in [3.63, 3.8) is 0 Å². The first-order valence-electron chi connectivity index (χ1n) is 7.99. The molecule has 2 aliphatic carbocycles. The van der Waals surface area contributed by atoms with Crippen molar-refractivity contribution in [1.29, 1.82) is 0 Å². The molecule has 0 amide bonds. The third kappa shape index (κ3) is 2.91. The Labute approximate surface area is 116 Å². The van der Waals surface area contributed by atoms with Crippen molar-refractivity contribution in [2.75, 3.05) is 0 Å². The van der Waals surface area contributed by atoms with Crippen molar-refractivity contribution < 1.29 is 4.79 Å². The van der Waals surface area contributed by atoms with Gasteiger partial charge >= 0.3 is 0 Å². The number of hydrogen-bond acceptors (Lipinski definition) is 1. The van der Waals surface area contributed by atoms with Crippen molar-refractivity contribution in [2.24, 2.45) is 5.92 Å². The minimum absolute atomic E-state index is 0.289. The Morgan fingerprint density at radius 3 is 1.95 bits per heavy atom. The number of Topliss-reactive ketones (excluding diaryl/α,β-unsaturated/α-hetero) is 1. The van der Waals surface area contributed by atoms with Gasteiger partial charge in [-0.05, 0) is 37.2 Å². The number of carbonyl (C=O) groups excluding carboxylic acids is 1. The first-order valence-corrected chi connectivity index (χ1v) is 7.99. The van der Waals surface area contributed by atoms with Crippen molar-refractivity contribution in [2.45, 2.75) is 63.7 Å². The highest BCUT2D eigenvalue weighted by molar-refractivity contribution is 5.97. The van der Waals surface area contributed by atoms with Gasteiger partial charge in [-0.25, -0.2) is 0 Å². The average Bonchev–Trinajstić information content (AvgIpc) is 2.65. The normalized spacial score (nSPS) is 21.7. The third-order valence-electron chi connectivity index (χ3n) is 5.00. The summed E-state index contributed by atoms with van der Waals surface area (Å²) in [7, 11) is 0. The fourth-order valence-electron chi connectivity index (χ4n) is 3.44. The molecular formula is C18H24O. The largest absolute Gasteiger partial charge is 0.294 e. The lowest BCUT2D eigenvalue weighted by Crippen LogP contribution is -2.14. The van der Waals surface area contributed by atoms with Gasteiger partial charge in [0.1, 0.15) is 0 Å². The molecule has 2 fully saturated rings. The number of rotatable bonds is 3. The Hall–Kier alpha value is -1.11. The molecule has 102 valence electrons. The molecule has 3 rings (SSSR count). The molecule has 1 heteroatoms. The number of carbonyl (C=O) groups is 1. The summed E-state index contributed by atoms with van der Waals surface area (Å²) in [4.78, 5) is 12.5. The SMILES string of the molecule is O=C(c1ccc(C2CCC2)cc1)C1CCCCCC1. The van der Waals surface area contributed by atoms with Gasteiger partial charge in [-0.15, -0.1) is 0 Å². The van der Waals surface area contributed by atoms with E-state index in [-0.39, 0.29) is 5.92 Å². The third-order valence-corrected chi connectivity index (χ3v) is 5.00. The quantitative estimate of drug-likeness (QED) is 0.542. The van der Waals surface area contributed by atoms with Crippen LogP contribution < -0.4 is 0 Å². The zero-order chi connectivity index (χ0) is 13.1. The Morgan fingerprint density at radius 2 is 1.42 bits per heavy atom.